The van der Waals surface area contributed by atoms with Gasteiger partial charge in [0.15, 0.2) is 0 Å². The van der Waals surface area contributed by atoms with Crippen molar-refractivity contribution in [2.75, 3.05) is 5.43 Å². The van der Waals surface area contributed by atoms with Crippen LogP contribution in [0.25, 0.3) is 11.3 Å². The standard InChI is InChI=1S/C23H23N7O/c1-15-9-10-19(11-16(15)2)21-20(12-24-27-23-25-22(31)17(3)26-28-23)14-30(29-21)13-18-7-5-4-6-8-18/h4-12,14H,13H2,1-3H3,(H2,25,27,28,31)/b24-12-. The van der Waals surface area contributed by atoms with E-state index in [0.29, 0.717) is 12.2 Å². The van der Waals surface area contributed by atoms with Gasteiger partial charge in [-0.3, -0.25) is 14.5 Å². The number of H-pyrrole nitrogens is 1. The van der Waals surface area contributed by atoms with Crippen LogP contribution in [-0.2, 0) is 6.54 Å². The van der Waals surface area contributed by atoms with Crippen molar-refractivity contribution < 1.29 is 0 Å². The van der Waals surface area contributed by atoms with Crippen LogP contribution < -0.4 is 11.0 Å². The Labute approximate surface area is 179 Å². The van der Waals surface area contributed by atoms with Gasteiger partial charge in [0.2, 0.25) is 5.95 Å². The summed E-state index contributed by atoms with van der Waals surface area (Å²) in [6.07, 6.45) is 3.62. The molecule has 0 fully saturated rings. The summed E-state index contributed by atoms with van der Waals surface area (Å²) in [5.41, 5.74) is 8.98. The Bertz CT molecular complexity index is 1290. The Balaban J connectivity index is 1.65. The molecule has 0 radical (unpaired) electrons. The molecular weight excluding hydrogens is 390 g/mol. The number of hydrazone groups is 1. The number of hydrogen-bond acceptors (Lipinski definition) is 6. The molecule has 0 saturated heterocycles. The number of rotatable bonds is 6. The molecule has 0 bridgehead atoms. The largest absolute Gasteiger partial charge is 0.288 e. The molecule has 0 aliphatic rings. The third kappa shape index (κ3) is 4.75. The minimum Gasteiger partial charge on any atom is -0.288 e. The summed E-state index contributed by atoms with van der Waals surface area (Å²) in [6.45, 7) is 6.41. The Hall–Kier alpha value is -4.07. The van der Waals surface area contributed by atoms with Gasteiger partial charge in [-0.15, -0.1) is 10.2 Å². The van der Waals surface area contributed by atoms with Crippen LogP contribution in [0.5, 0.6) is 0 Å². The van der Waals surface area contributed by atoms with Gasteiger partial charge in [-0.2, -0.15) is 10.2 Å². The van der Waals surface area contributed by atoms with Gasteiger partial charge in [-0.05, 0) is 43.5 Å². The lowest BCUT2D eigenvalue weighted by molar-refractivity contribution is 0.689. The molecular formula is C23H23N7O. The molecule has 2 N–H and O–H groups in total. The van der Waals surface area contributed by atoms with Crippen molar-refractivity contribution in [3.8, 4) is 11.3 Å². The highest BCUT2D eigenvalue weighted by Gasteiger charge is 2.11. The number of hydrogen-bond donors (Lipinski definition) is 2. The zero-order valence-corrected chi connectivity index (χ0v) is 17.6. The van der Waals surface area contributed by atoms with Gasteiger partial charge < -0.3 is 0 Å². The normalized spacial score (nSPS) is 11.2. The van der Waals surface area contributed by atoms with E-state index in [1.54, 1.807) is 13.1 Å². The zero-order chi connectivity index (χ0) is 21.8. The van der Waals surface area contributed by atoms with Crippen LogP contribution in [0.15, 0.2) is 64.6 Å². The van der Waals surface area contributed by atoms with Crippen LogP contribution in [0, 0.1) is 20.8 Å². The van der Waals surface area contributed by atoms with Gasteiger partial charge in [0, 0.05) is 17.3 Å². The minimum absolute atomic E-state index is 0.177. The second-order valence-electron chi connectivity index (χ2n) is 7.37. The van der Waals surface area contributed by atoms with Gasteiger partial charge >= 0.3 is 0 Å². The summed E-state index contributed by atoms with van der Waals surface area (Å²) in [4.78, 5) is 14.3. The Morgan fingerprint density at radius 3 is 2.61 bits per heavy atom. The minimum atomic E-state index is -0.306. The van der Waals surface area contributed by atoms with E-state index >= 15 is 0 Å². The molecule has 2 aromatic heterocycles. The maximum Gasteiger partial charge on any atom is 0.274 e. The van der Waals surface area contributed by atoms with Crippen molar-refractivity contribution in [1.29, 1.82) is 0 Å². The molecule has 156 valence electrons. The van der Waals surface area contributed by atoms with Crippen molar-refractivity contribution in [3.05, 3.63) is 93.0 Å². The Morgan fingerprint density at radius 1 is 1.06 bits per heavy atom. The molecule has 0 atom stereocenters. The molecule has 0 amide bonds. The number of anilines is 1. The Morgan fingerprint density at radius 2 is 1.87 bits per heavy atom. The lowest BCUT2D eigenvalue weighted by Crippen LogP contribution is -2.15. The van der Waals surface area contributed by atoms with Crippen molar-refractivity contribution in [2.24, 2.45) is 5.10 Å². The Kier molecular flexibility index (Phi) is 5.70. The van der Waals surface area contributed by atoms with E-state index in [1.807, 2.05) is 29.1 Å². The first-order valence-electron chi connectivity index (χ1n) is 9.91. The topological polar surface area (TPSA) is 101 Å². The molecule has 2 heterocycles. The molecule has 8 nitrogen and oxygen atoms in total. The number of nitrogens with one attached hydrogen (secondary N) is 2. The van der Waals surface area contributed by atoms with E-state index in [4.69, 9.17) is 5.10 Å². The number of aromatic nitrogens is 5. The number of aromatic amines is 1. The van der Waals surface area contributed by atoms with Crippen molar-refractivity contribution >= 4 is 12.2 Å². The summed E-state index contributed by atoms with van der Waals surface area (Å²) >= 11 is 0. The SMILES string of the molecule is Cc1ccc(-c2nn(Cc3ccccc3)cc2/C=N\Nc2nnc(C)c(=O)[nH]2)cc1C. The fraction of sp³-hybridized carbons (Fsp3) is 0.174. The highest BCUT2D eigenvalue weighted by molar-refractivity contribution is 5.89. The van der Waals surface area contributed by atoms with E-state index in [1.165, 1.54) is 11.1 Å². The van der Waals surface area contributed by atoms with E-state index in [0.717, 1.165) is 22.4 Å². The first kappa shape index (κ1) is 20.2. The van der Waals surface area contributed by atoms with E-state index < -0.39 is 0 Å². The van der Waals surface area contributed by atoms with Crippen molar-refractivity contribution in [1.82, 2.24) is 25.0 Å². The highest BCUT2D eigenvalue weighted by Crippen LogP contribution is 2.24. The van der Waals surface area contributed by atoms with Crippen LogP contribution in [0.4, 0.5) is 5.95 Å². The maximum absolute atomic E-state index is 11.7. The second kappa shape index (κ2) is 8.74. The van der Waals surface area contributed by atoms with Crippen LogP contribution in [0.2, 0.25) is 0 Å². The molecule has 4 aromatic rings. The average molecular weight is 413 g/mol. The lowest BCUT2D eigenvalue weighted by Gasteiger charge is -2.04. The van der Waals surface area contributed by atoms with Gasteiger partial charge in [-0.25, -0.2) is 5.43 Å². The van der Waals surface area contributed by atoms with Crippen molar-refractivity contribution in [3.63, 3.8) is 0 Å². The third-order valence-electron chi connectivity index (χ3n) is 4.99. The fourth-order valence-electron chi connectivity index (χ4n) is 3.10. The van der Waals surface area contributed by atoms with Crippen LogP contribution in [-0.4, -0.2) is 31.2 Å². The van der Waals surface area contributed by atoms with Gasteiger partial charge in [0.1, 0.15) is 11.4 Å². The van der Waals surface area contributed by atoms with Crippen LogP contribution in [0.3, 0.4) is 0 Å². The monoisotopic (exact) mass is 413 g/mol. The molecule has 2 aromatic carbocycles. The second-order valence-corrected chi connectivity index (χ2v) is 7.37. The van der Waals surface area contributed by atoms with Gasteiger partial charge in [0.05, 0.1) is 12.8 Å². The molecule has 0 aliphatic carbocycles. The average Bonchev–Trinajstić information content (AvgIpc) is 3.16. The summed E-state index contributed by atoms with van der Waals surface area (Å²) in [5.74, 6) is 0.177. The molecule has 8 heteroatoms. The fourth-order valence-corrected chi connectivity index (χ4v) is 3.10. The van der Waals surface area contributed by atoms with E-state index in [9.17, 15) is 4.79 Å². The highest BCUT2D eigenvalue weighted by atomic mass is 16.1. The summed E-state index contributed by atoms with van der Waals surface area (Å²) in [7, 11) is 0. The van der Waals surface area contributed by atoms with E-state index in [2.05, 4.69) is 69.9 Å². The maximum atomic E-state index is 11.7. The lowest BCUT2D eigenvalue weighted by atomic mass is 10.0. The smallest absolute Gasteiger partial charge is 0.274 e. The third-order valence-corrected chi connectivity index (χ3v) is 4.99. The predicted molar refractivity (Wildman–Crippen MR) is 121 cm³/mol. The van der Waals surface area contributed by atoms with Gasteiger partial charge in [-0.1, -0.05) is 42.5 Å². The number of aryl methyl sites for hydroxylation is 3. The summed E-state index contributed by atoms with van der Waals surface area (Å²) in [6, 6.07) is 16.4. The molecule has 0 aliphatic heterocycles. The molecule has 4 rings (SSSR count). The zero-order valence-electron chi connectivity index (χ0n) is 17.6. The predicted octanol–water partition coefficient (Wildman–Crippen LogP) is 3.45. The summed E-state index contributed by atoms with van der Waals surface area (Å²) < 4.78 is 1.90. The quantitative estimate of drug-likeness (QED) is 0.372. The molecule has 31 heavy (non-hydrogen) atoms. The van der Waals surface area contributed by atoms with Gasteiger partial charge in [0.25, 0.3) is 5.56 Å². The molecule has 0 saturated carbocycles. The first-order chi connectivity index (χ1) is 15.0. The molecule has 0 spiro atoms. The van der Waals surface area contributed by atoms with E-state index in [-0.39, 0.29) is 11.5 Å². The molecule has 0 unspecified atom stereocenters. The summed E-state index contributed by atoms with van der Waals surface area (Å²) in [5, 5.41) is 16.7. The number of nitrogens with zero attached hydrogens (tertiary/aromatic N) is 5. The van der Waals surface area contributed by atoms with Crippen LogP contribution in [0.1, 0.15) is 27.9 Å². The van der Waals surface area contributed by atoms with Crippen molar-refractivity contribution in [2.45, 2.75) is 27.3 Å². The van der Waals surface area contributed by atoms with Crippen LogP contribution >= 0.6 is 0 Å². The first-order valence-corrected chi connectivity index (χ1v) is 9.91. The number of benzene rings is 2.